The van der Waals surface area contributed by atoms with Crippen LogP contribution in [0.3, 0.4) is 0 Å². The Hall–Kier alpha value is -1.38. The lowest BCUT2D eigenvalue weighted by molar-refractivity contribution is 0.574. The molecule has 1 nitrogen and oxygen atoms in total. The van der Waals surface area contributed by atoms with Gasteiger partial charge in [0.25, 0.3) is 0 Å². The molecule has 0 aromatic heterocycles. The first-order valence-corrected chi connectivity index (χ1v) is 7.01. The van der Waals surface area contributed by atoms with Gasteiger partial charge >= 0.3 is 0 Å². The van der Waals surface area contributed by atoms with Crippen molar-refractivity contribution in [3.8, 4) is 0 Å². The molecule has 1 N–H and O–H groups in total. The van der Waals surface area contributed by atoms with Crippen LogP contribution >= 0.6 is 11.6 Å². The number of hydrogen-bond acceptors (Lipinski definition) is 1. The average molecular weight is 292 g/mol. The third-order valence-electron chi connectivity index (χ3n) is 3.58. The number of nitrogens with one attached hydrogen (secondary N) is 1. The second-order valence-corrected chi connectivity index (χ2v) is 5.64. The standard InChI is InChI=1S/C17H19ClFN/c1-10-7-11(2)16(12(3)8-10)17(20-4)14-9-13(18)5-6-15(14)19/h5-9,17,20H,1-4H3. The Labute approximate surface area is 124 Å². The Kier molecular flexibility index (Phi) is 4.46. The van der Waals surface area contributed by atoms with Crippen molar-refractivity contribution in [1.82, 2.24) is 5.32 Å². The fourth-order valence-electron chi connectivity index (χ4n) is 2.84. The first-order valence-electron chi connectivity index (χ1n) is 6.64. The van der Waals surface area contributed by atoms with Gasteiger partial charge in [0, 0.05) is 10.6 Å². The van der Waals surface area contributed by atoms with E-state index in [1.807, 2.05) is 7.05 Å². The predicted molar refractivity (Wildman–Crippen MR) is 83.0 cm³/mol. The average Bonchev–Trinajstić information content (AvgIpc) is 2.37. The molecule has 0 aliphatic heterocycles. The first-order chi connectivity index (χ1) is 9.43. The van der Waals surface area contributed by atoms with Gasteiger partial charge in [0.15, 0.2) is 0 Å². The van der Waals surface area contributed by atoms with Crippen molar-refractivity contribution in [3.05, 3.63) is 69.0 Å². The van der Waals surface area contributed by atoms with Crippen LogP contribution in [-0.4, -0.2) is 7.05 Å². The molecule has 2 aromatic rings. The summed E-state index contributed by atoms with van der Waals surface area (Å²) in [5.74, 6) is -0.242. The highest BCUT2D eigenvalue weighted by Crippen LogP contribution is 2.31. The molecule has 106 valence electrons. The smallest absolute Gasteiger partial charge is 0.128 e. The fraction of sp³-hybridized carbons (Fsp3) is 0.294. The van der Waals surface area contributed by atoms with E-state index in [-0.39, 0.29) is 11.9 Å². The first kappa shape index (κ1) is 15.0. The third-order valence-corrected chi connectivity index (χ3v) is 3.82. The third kappa shape index (κ3) is 2.87. The topological polar surface area (TPSA) is 12.0 Å². The summed E-state index contributed by atoms with van der Waals surface area (Å²) in [6.07, 6.45) is 0. The lowest BCUT2D eigenvalue weighted by atomic mass is 9.90. The largest absolute Gasteiger partial charge is 0.309 e. The summed E-state index contributed by atoms with van der Waals surface area (Å²) in [6, 6.07) is 8.72. The minimum absolute atomic E-state index is 0.200. The lowest BCUT2D eigenvalue weighted by Gasteiger charge is -2.23. The van der Waals surface area contributed by atoms with Gasteiger partial charge in [-0.2, -0.15) is 0 Å². The monoisotopic (exact) mass is 291 g/mol. The maximum Gasteiger partial charge on any atom is 0.128 e. The van der Waals surface area contributed by atoms with Gasteiger partial charge in [0.1, 0.15) is 5.82 Å². The summed E-state index contributed by atoms with van der Waals surface area (Å²) in [5.41, 5.74) is 5.21. The van der Waals surface area contributed by atoms with E-state index in [4.69, 9.17) is 11.6 Å². The number of benzene rings is 2. The zero-order chi connectivity index (χ0) is 14.9. The van der Waals surface area contributed by atoms with E-state index in [2.05, 4.69) is 38.2 Å². The van der Waals surface area contributed by atoms with Crippen molar-refractivity contribution in [2.45, 2.75) is 26.8 Å². The number of rotatable bonds is 3. The molecule has 0 aliphatic rings. The van der Waals surface area contributed by atoms with Crippen LogP contribution in [0, 0.1) is 26.6 Å². The quantitative estimate of drug-likeness (QED) is 0.863. The summed E-state index contributed by atoms with van der Waals surface area (Å²) >= 11 is 6.02. The number of halogens is 2. The molecule has 1 unspecified atom stereocenters. The highest BCUT2D eigenvalue weighted by atomic mass is 35.5. The molecule has 0 heterocycles. The summed E-state index contributed by atoms with van der Waals surface area (Å²) in [7, 11) is 1.84. The second-order valence-electron chi connectivity index (χ2n) is 5.20. The van der Waals surface area contributed by atoms with E-state index >= 15 is 0 Å². The van der Waals surface area contributed by atoms with Crippen LogP contribution in [0.1, 0.15) is 33.9 Å². The molecular weight excluding hydrogens is 273 g/mol. The highest BCUT2D eigenvalue weighted by molar-refractivity contribution is 6.30. The maximum atomic E-state index is 14.1. The fourth-order valence-corrected chi connectivity index (χ4v) is 3.02. The van der Waals surface area contributed by atoms with Crippen molar-refractivity contribution < 1.29 is 4.39 Å². The highest BCUT2D eigenvalue weighted by Gasteiger charge is 2.20. The molecule has 0 saturated heterocycles. The molecule has 0 aliphatic carbocycles. The molecule has 2 rings (SSSR count). The molecular formula is C17H19ClFN. The molecule has 2 aromatic carbocycles. The Bertz CT molecular complexity index is 614. The van der Waals surface area contributed by atoms with Gasteiger partial charge in [-0.1, -0.05) is 29.3 Å². The van der Waals surface area contributed by atoms with Crippen LogP contribution in [0.25, 0.3) is 0 Å². The molecule has 0 spiro atoms. The Morgan fingerprint density at radius 1 is 1.05 bits per heavy atom. The zero-order valence-corrected chi connectivity index (χ0v) is 13.0. The van der Waals surface area contributed by atoms with Crippen LogP contribution in [0.5, 0.6) is 0 Å². The molecule has 1 atom stereocenters. The second kappa shape index (κ2) is 5.94. The van der Waals surface area contributed by atoms with Crippen molar-refractivity contribution >= 4 is 11.6 Å². The van der Waals surface area contributed by atoms with Gasteiger partial charge in [0.05, 0.1) is 6.04 Å². The molecule has 0 saturated carbocycles. The molecule has 3 heteroatoms. The van der Waals surface area contributed by atoms with Crippen molar-refractivity contribution in [2.75, 3.05) is 7.05 Å². The molecule has 0 fully saturated rings. The van der Waals surface area contributed by atoms with Gasteiger partial charge in [0.2, 0.25) is 0 Å². The van der Waals surface area contributed by atoms with Crippen LogP contribution in [0.4, 0.5) is 4.39 Å². The van der Waals surface area contributed by atoms with Gasteiger partial charge in [-0.15, -0.1) is 0 Å². The summed E-state index contributed by atoms with van der Waals surface area (Å²) in [6.45, 7) is 6.18. The molecule has 0 bridgehead atoms. The van der Waals surface area contributed by atoms with Gasteiger partial charge in [-0.3, -0.25) is 0 Å². The van der Waals surface area contributed by atoms with Crippen molar-refractivity contribution in [2.24, 2.45) is 0 Å². The molecule has 20 heavy (non-hydrogen) atoms. The Morgan fingerprint density at radius 2 is 1.65 bits per heavy atom. The van der Waals surface area contributed by atoms with Gasteiger partial charge < -0.3 is 5.32 Å². The SMILES string of the molecule is CNC(c1cc(Cl)ccc1F)c1c(C)cc(C)cc1C. The minimum Gasteiger partial charge on any atom is -0.309 e. The molecule has 0 radical (unpaired) electrons. The van der Waals surface area contributed by atoms with Gasteiger partial charge in [-0.25, -0.2) is 4.39 Å². The zero-order valence-electron chi connectivity index (χ0n) is 12.2. The number of hydrogen-bond donors (Lipinski definition) is 1. The predicted octanol–water partition coefficient (Wildman–Crippen LogP) is 4.71. The Morgan fingerprint density at radius 3 is 2.20 bits per heavy atom. The maximum absolute atomic E-state index is 14.1. The normalized spacial score (nSPS) is 12.5. The summed E-state index contributed by atoms with van der Waals surface area (Å²) in [5, 5.41) is 3.75. The lowest BCUT2D eigenvalue weighted by Crippen LogP contribution is -2.21. The van der Waals surface area contributed by atoms with E-state index in [1.54, 1.807) is 12.1 Å². The van der Waals surface area contributed by atoms with Crippen LogP contribution in [0.15, 0.2) is 30.3 Å². The summed E-state index contributed by atoms with van der Waals surface area (Å²) in [4.78, 5) is 0. The number of aryl methyl sites for hydroxylation is 3. The van der Waals surface area contributed by atoms with E-state index < -0.39 is 0 Å². The van der Waals surface area contributed by atoms with Gasteiger partial charge in [-0.05, 0) is 62.7 Å². The minimum atomic E-state index is -0.242. The van der Waals surface area contributed by atoms with E-state index in [1.165, 1.54) is 11.6 Å². The van der Waals surface area contributed by atoms with Crippen LogP contribution < -0.4 is 5.32 Å². The van der Waals surface area contributed by atoms with E-state index in [0.29, 0.717) is 10.6 Å². The van der Waals surface area contributed by atoms with E-state index in [9.17, 15) is 4.39 Å². The van der Waals surface area contributed by atoms with Crippen molar-refractivity contribution in [3.63, 3.8) is 0 Å². The van der Waals surface area contributed by atoms with Crippen LogP contribution in [0.2, 0.25) is 5.02 Å². The van der Waals surface area contributed by atoms with E-state index in [0.717, 1.165) is 16.7 Å². The Balaban J connectivity index is 2.61. The summed E-state index contributed by atoms with van der Waals surface area (Å²) < 4.78 is 14.1. The van der Waals surface area contributed by atoms with Crippen molar-refractivity contribution in [1.29, 1.82) is 0 Å². The molecule has 0 amide bonds. The van der Waals surface area contributed by atoms with Crippen LogP contribution in [-0.2, 0) is 0 Å².